The second-order valence-corrected chi connectivity index (χ2v) is 4.47. The van der Waals surface area contributed by atoms with Crippen molar-refractivity contribution in [3.05, 3.63) is 35.9 Å². The highest BCUT2D eigenvalue weighted by atomic mass is 16.5. The molecule has 0 fully saturated rings. The van der Waals surface area contributed by atoms with Crippen molar-refractivity contribution in [2.24, 2.45) is 0 Å². The van der Waals surface area contributed by atoms with Crippen LogP contribution in [0.1, 0.15) is 12.5 Å². The number of hydrogen-bond donors (Lipinski definition) is 2. The molecule has 0 aliphatic heterocycles. The minimum absolute atomic E-state index is 0.0729. The summed E-state index contributed by atoms with van der Waals surface area (Å²) in [5, 5.41) is 11.7. The van der Waals surface area contributed by atoms with Crippen LogP contribution in [0.2, 0.25) is 0 Å². The SMILES string of the molecule is CCN(CCO)CCOCC(=O)NCc1ccccc1. The molecule has 0 aromatic heterocycles. The van der Waals surface area contributed by atoms with Crippen molar-refractivity contribution in [1.29, 1.82) is 0 Å². The zero-order chi connectivity index (χ0) is 14.6. The molecule has 0 aliphatic rings. The Hall–Kier alpha value is -1.43. The van der Waals surface area contributed by atoms with Crippen LogP contribution >= 0.6 is 0 Å². The lowest BCUT2D eigenvalue weighted by Crippen LogP contribution is -2.32. The predicted octanol–water partition coefficient (Wildman–Crippen LogP) is 0.634. The first kappa shape index (κ1) is 16.6. The lowest BCUT2D eigenvalue weighted by molar-refractivity contribution is -0.126. The first-order valence-electron chi connectivity index (χ1n) is 6.97. The Kier molecular flexibility index (Phi) is 8.62. The van der Waals surface area contributed by atoms with Gasteiger partial charge in [-0.05, 0) is 12.1 Å². The van der Waals surface area contributed by atoms with E-state index in [1.807, 2.05) is 37.3 Å². The van der Waals surface area contributed by atoms with Gasteiger partial charge in [-0.2, -0.15) is 0 Å². The fourth-order valence-electron chi connectivity index (χ4n) is 1.78. The molecule has 1 rings (SSSR count). The summed E-state index contributed by atoms with van der Waals surface area (Å²) < 4.78 is 5.33. The molecule has 0 unspecified atom stereocenters. The highest BCUT2D eigenvalue weighted by molar-refractivity contribution is 5.77. The number of hydrogen-bond acceptors (Lipinski definition) is 4. The van der Waals surface area contributed by atoms with Crippen LogP contribution in [0, 0.1) is 0 Å². The summed E-state index contributed by atoms with van der Waals surface area (Å²) >= 11 is 0. The number of aliphatic hydroxyl groups excluding tert-OH is 1. The standard InChI is InChI=1S/C15H24N2O3/c1-2-17(8-10-18)9-11-20-13-15(19)16-12-14-6-4-3-5-7-14/h3-7,18H,2,8-13H2,1H3,(H,16,19). The van der Waals surface area contributed by atoms with Gasteiger partial charge in [0.1, 0.15) is 6.61 Å². The number of carbonyl (C=O) groups excluding carboxylic acids is 1. The zero-order valence-electron chi connectivity index (χ0n) is 12.0. The molecule has 112 valence electrons. The van der Waals surface area contributed by atoms with Crippen LogP contribution in [0.4, 0.5) is 0 Å². The van der Waals surface area contributed by atoms with Gasteiger partial charge in [-0.15, -0.1) is 0 Å². The number of amides is 1. The van der Waals surface area contributed by atoms with Gasteiger partial charge in [0.15, 0.2) is 0 Å². The Morgan fingerprint density at radius 2 is 2.05 bits per heavy atom. The number of likely N-dealkylation sites (N-methyl/N-ethyl adjacent to an activating group) is 1. The van der Waals surface area contributed by atoms with E-state index in [1.165, 1.54) is 0 Å². The van der Waals surface area contributed by atoms with Crippen LogP contribution in [0.15, 0.2) is 30.3 Å². The lowest BCUT2D eigenvalue weighted by atomic mass is 10.2. The Morgan fingerprint density at radius 1 is 1.30 bits per heavy atom. The van der Waals surface area contributed by atoms with Gasteiger partial charge in [0.05, 0.1) is 13.2 Å². The second kappa shape index (κ2) is 10.4. The highest BCUT2D eigenvalue weighted by Crippen LogP contribution is 1.96. The molecule has 0 radical (unpaired) electrons. The van der Waals surface area contributed by atoms with E-state index in [0.29, 0.717) is 19.7 Å². The molecule has 0 saturated heterocycles. The van der Waals surface area contributed by atoms with E-state index in [2.05, 4.69) is 10.2 Å². The van der Waals surface area contributed by atoms with E-state index in [1.54, 1.807) is 0 Å². The van der Waals surface area contributed by atoms with Crippen molar-refractivity contribution >= 4 is 5.91 Å². The number of ether oxygens (including phenoxy) is 1. The Morgan fingerprint density at radius 3 is 2.70 bits per heavy atom. The number of carbonyl (C=O) groups is 1. The molecule has 1 aromatic carbocycles. The summed E-state index contributed by atoms with van der Waals surface area (Å²) in [5.41, 5.74) is 1.07. The van der Waals surface area contributed by atoms with E-state index in [9.17, 15) is 4.79 Å². The second-order valence-electron chi connectivity index (χ2n) is 4.47. The molecular formula is C15H24N2O3. The quantitative estimate of drug-likeness (QED) is 0.617. The summed E-state index contributed by atoms with van der Waals surface area (Å²) in [7, 11) is 0. The van der Waals surface area contributed by atoms with Gasteiger partial charge in [-0.25, -0.2) is 0 Å². The summed E-state index contributed by atoms with van der Waals surface area (Å²) in [6, 6.07) is 9.77. The minimum Gasteiger partial charge on any atom is -0.395 e. The smallest absolute Gasteiger partial charge is 0.246 e. The maximum atomic E-state index is 11.6. The fourth-order valence-corrected chi connectivity index (χ4v) is 1.78. The largest absolute Gasteiger partial charge is 0.395 e. The summed E-state index contributed by atoms with van der Waals surface area (Å²) in [6.07, 6.45) is 0. The topological polar surface area (TPSA) is 61.8 Å². The van der Waals surface area contributed by atoms with Crippen molar-refractivity contribution in [1.82, 2.24) is 10.2 Å². The van der Waals surface area contributed by atoms with E-state index < -0.39 is 0 Å². The molecule has 2 N–H and O–H groups in total. The van der Waals surface area contributed by atoms with Crippen molar-refractivity contribution in [3.8, 4) is 0 Å². The fraction of sp³-hybridized carbons (Fsp3) is 0.533. The van der Waals surface area contributed by atoms with Crippen molar-refractivity contribution < 1.29 is 14.6 Å². The van der Waals surface area contributed by atoms with Gasteiger partial charge in [-0.3, -0.25) is 9.69 Å². The van der Waals surface area contributed by atoms with Crippen LogP contribution in [0.25, 0.3) is 0 Å². The molecule has 0 saturated carbocycles. The van der Waals surface area contributed by atoms with Crippen molar-refractivity contribution in [2.45, 2.75) is 13.5 Å². The number of nitrogens with zero attached hydrogens (tertiary/aromatic N) is 1. The van der Waals surface area contributed by atoms with Crippen LogP contribution in [0.3, 0.4) is 0 Å². The van der Waals surface area contributed by atoms with Crippen LogP contribution in [-0.2, 0) is 16.1 Å². The third-order valence-electron chi connectivity index (χ3n) is 2.98. The van der Waals surface area contributed by atoms with E-state index in [0.717, 1.165) is 18.7 Å². The maximum Gasteiger partial charge on any atom is 0.246 e. The average Bonchev–Trinajstić information content (AvgIpc) is 2.49. The monoisotopic (exact) mass is 280 g/mol. The minimum atomic E-state index is -0.112. The van der Waals surface area contributed by atoms with Crippen LogP contribution in [0.5, 0.6) is 0 Å². The van der Waals surface area contributed by atoms with Gasteiger partial charge >= 0.3 is 0 Å². The maximum absolute atomic E-state index is 11.6. The summed E-state index contributed by atoms with van der Waals surface area (Å²) in [5.74, 6) is -0.112. The van der Waals surface area contributed by atoms with Gasteiger partial charge in [0.2, 0.25) is 5.91 Å². The Balaban J connectivity index is 2.08. The van der Waals surface area contributed by atoms with E-state index in [-0.39, 0.29) is 19.1 Å². The predicted molar refractivity (Wildman–Crippen MR) is 78.3 cm³/mol. The highest BCUT2D eigenvalue weighted by Gasteiger charge is 2.03. The number of benzene rings is 1. The molecule has 0 atom stereocenters. The van der Waals surface area contributed by atoms with E-state index >= 15 is 0 Å². The number of aliphatic hydroxyl groups is 1. The molecular weight excluding hydrogens is 256 g/mol. The van der Waals surface area contributed by atoms with Gasteiger partial charge in [-0.1, -0.05) is 37.3 Å². The molecule has 1 aromatic rings. The van der Waals surface area contributed by atoms with Gasteiger partial charge in [0.25, 0.3) is 0 Å². The van der Waals surface area contributed by atoms with Crippen molar-refractivity contribution in [2.75, 3.05) is 39.5 Å². The third kappa shape index (κ3) is 7.23. The van der Waals surface area contributed by atoms with Crippen LogP contribution < -0.4 is 5.32 Å². The first-order valence-corrected chi connectivity index (χ1v) is 6.97. The lowest BCUT2D eigenvalue weighted by Gasteiger charge is -2.18. The molecule has 0 heterocycles. The Bertz CT molecular complexity index is 371. The normalized spacial score (nSPS) is 10.8. The molecule has 0 aliphatic carbocycles. The molecule has 5 heteroatoms. The van der Waals surface area contributed by atoms with E-state index in [4.69, 9.17) is 9.84 Å². The number of rotatable bonds is 10. The first-order chi connectivity index (χ1) is 9.76. The zero-order valence-corrected chi connectivity index (χ0v) is 12.0. The average molecular weight is 280 g/mol. The van der Waals surface area contributed by atoms with Gasteiger partial charge < -0.3 is 15.2 Å². The van der Waals surface area contributed by atoms with Gasteiger partial charge in [0, 0.05) is 19.6 Å². The molecule has 0 spiro atoms. The number of nitrogens with one attached hydrogen (secondary N) is 1. The van der Waals surface area contributed by atoms with Crippen molar-refractivity contribution in [3.63, 3.8) is 0 Å². The molecule has 20 heavy (non-hydrogen) atoms. The third-order valence-corrected chi connectivity index (χ3v) is 2.98. The summed E-state index contributed by atoms with van der Waals surface area (Å²) in [4.78, 5) is 13.6. The molecule has 1 amide bonds. The van der Waals surface area contributed by atoms with Crippen LogP contribution in [-0.4, -0.2) is 55.4 Å². The molecule has 0 bridgehead atoms. The Labute approximate surface area is 120 Å². The molecule has 5 nitrogen and oxygen atoms in total. The summed E-state index contributed by atoms with van der Waals surface area (Å²) in [6.45, 7) is 5.49.